The molecule has 0 bridgehead atoms. The molecule has 132 valence electrons. The second kappa shape index (κ2) is 5.84. The first-order valence-electron chi connectivity index (χ1n) is 9.04. The zero-order valence-corrected chi connectivity index (χ0v) is 15.2. The standard InChI is InChI=1S/C21H27N3O/c1-21(2,3)23-12-16(22)20(25)19(13-23)24-17-10-6-4-8-14(17)15-9-5-7-11-18(15)24/h4-11,16,19-20,25H,12-13,22H2,1-3H3. The van der Waals surface area contributed by atoms with E-state index in [-0.39, 0.29) is 17.6 Å². The zero-order valence-electron chi connectivity index (χ0n) is 15.2. The summed E-state index contributed by atoms with van der Waals surface area (Å²) >= 11 is 0. The Morgan fingerprint density at radius 1 is 0.920 bits per heavy atom. The van der Waals surface area contributed by atoms with Gasteiger partial charge in [-0.2, -0.15) is 0 Å². The Morgan fingerprint density at radius 3 is 1.96 bits per heavy atom. The number of aromatic nitrogens is 1. The third kappa shape index (κ3) is 2.65. The van der Waals surface area contributed by atoms with E-state index in [1.165, 1.54) is 10.8 Å². The van der Waals surface area contributed by atoms with Gasteiger partial charge in [0.15, 0.2) is 0 Å². The third-order valence-electron chi connectivity index (χ3n) is 5.57. The van der Waals surface area contributed by atoms with Crippen LogP contribution in [0.2, 0.25) is 0 Å². The van der Waals surface area contributed by atoms with E-state index in [1.807, 2.05) is 0 Å². The molecule has 0 saturated carbocycles. The lowest BCUT2D eigenvalue weighted by Gasteiger charge is -2.46. The molecule has 3 atom stereocenters. The molecule has 0 spiro atoms. The van der Waals surface area contributed by atoms with E-state index in [1.54, 1.807) is 0 Å². The van der Waals surface area contributed by atoms with Crippen LogP contribution in [0.1, 0.15) is 26.8 Å². The summed E-state index contributed by atoms with van der Waals surface area (Å²) in [4.78, 5) is 2.39. The number of piperidine rings is 1. The fraction of sp³-hybridized carbons (Fsp3) is 0.429. The third-order valence-corrected chi connectivity index (χ3v) is 5.57. The van der Waals surface area contributed by atoms with Gasteiger partial charge in [-0.3, -0.25) is 4.90 Å². The van der Waals surface area contributed by atoms with Crippen LogP contribution >= 0.6 is 0 Å². The lowest BCUT2D eigenvalue weighted by Crippen LogP contribution is -2.60. The molecule has 1 aliphatic heterocycles. The lowest BCUT2D eigenvalue weighted by atomic mass is 9.92. The molecular formula is C21H27N3O. The van der Waals surface area contributed by atoms with E-state index in [0.29, 0.717) is 0 Å². The van der Waals surface area contributed by atoms with Gasteiger partial charge in [0, 0.05) is 46.5 Å². The maximum atomic E-state index is 10.9. The predicted octanol–water partition coefficient (Wildman–Crippen LogP) is 3.14. The Morgan fingerprint density at radius 2 is 1.44 bits per heavy atom. The van der Waals surface area contributed by atoms with Crippen molar-refractivity contribution in [3.05, 3.63) is 48.5 Å². The first-order chi connectivity index (χ1) is 11.9. The first-order valence-corrected chi connectivity index (χ1v) is 9.04. The van der Waals surface area contributed by atoms with Crippen LogP contribution < -0.4 is 5.73 Å². The summed E-state index contributed by atoms with van der Waals surface area (Å²) in [7, 11) is 0. The van der Waals surface area contributed by atoms with Gasteiger partial charge in [-0.25, -0.2) is 0 Å². The number of hydrogen-bond donors (Lipinski definition) is 2. The van der Waals surface area contributed by atoms with E-state index in [4.69, 9.17) is 5.73 Å². The highest BCUT2D eigenvalue weighted by molar-refractivity contribution is 6.08. The molecule has 0 radical (unpaired) electrons. The van der Waals surface area contributed by atoms with Crippen LogP contribution in [0.25, 0.3) is 21.8 Å². The number of rotatable bonds is 1. The van der Waals surface area contributed by atoms with E-state index >= 15 is 0 Å². The Labute approximate surface area is 148 Å². The molecule has 3 N–H and O–H groups in total. The van der Waals surface area contributed by atoms with Crippen molar-refractivity contribution < 1.29 is 5.11 Å². The van der Waals surface area contributed by atoms with Crippen molar-refractivity contribution in [2.24, 2.45) is 5.73 Å². The minimum absolute atomic E-state index is 0.0226. The van der Waals surface area contributed by atoms with Crippen molar-refractivity contribution in [3.8, 4) is 0 Å². The number of fused-ring (bicyclic) bond motifs is 3. The lowest BCUT2D eigenvalue weighted by molar-refractivity contribution is -0.0144. The summed E-state index contributed by atoms with van der Waals surface area (Å²) < 4.78 is 2.30. The number of nitrogens with two attached hydrogens (primary N) is 1. The fourth-order valence-electron chi connectivity index (χ4n) is 4.15. The molecule has 1 aliphatic rings. The summed E-state index contributed by atoms with van der Waals surface area (Å²) in [5, 5.41) is 13.4. The molecule has 0 aliphatic carbocycles. The van der Waals surface area contributed by atoms with Crippen LogP contribution in [0.15, 0.2) is 48.5 Å². The van der Waals surface area contributed by atoms with Crippen LogP contribution in [-0.4, -0.2) is 45.3 Å². The summed E-state index contributed by atoms with van der Waals surface area (Å²) in [6.45, 7) is 8.14. The molecule has 1 saturated heterocycles. The van der Waals surface area contributed by atoms with E-state index in [0.717, 1.165) is 24.1 Å². The fourth-order valence-corrected chi connectivity index (χ4v) is 4.15. The number of aliphatic hydroxyl groups excluding tert-OH is 1. The first kappa shape index (κ1) is 16.6. The number of para-hydroxylation sites is 2. The van der Waals surface area contributed by atoms with Gasteiger partial charge in [0.2, 0.25) is 0 Å². The predicted molar refractivity (Wildman–Crippen MR) is 104 cm³/mol. The molecule has 4 nitrogen and oxygen atoms in total. The number of benzene rings is 2. The van der Waals surface area contributed by atoms with E-state index < -0.39 is 6.10 Å². The molecule has 1 aromatic heterocycles. The van der Waals surface area contributed by atoms with Gasteiger partial charge in [-0.15, -0.1) is 0 Å². The highest BCUT2D eigenvalue weighted by atomic mass is 16.3. The number of hydrogen-bond acceptors (Lipinski definition) is 3. The molecule has 25 heavy (non-hydrogen) atoms. The summed E-state index contributed by atoms with van der Waals surface area (Å²) in [5.74, 6) is 0. The van der Waals surface area contributed by atoms with Crippen LogP contribution in [0.3, 0.4) is 0 Å². The topological polar surface area (TPSA) is 54.4 Å². The number of nitrogens with zero attached hydrogens (tertiary/aromatic N) is 2. The van der Waals surface area contributed by atoms with Gasteiger partial charge in [0.1, 0.15) is 0 Å². The van der Waals surface area contributed by atoms with Crippen molar-refractivity contribution in [2.75, 3.05) is 13.1 Å². The van der Waals surface area contributed by atoms with E-state index in [9.17, 15) is 5.11 Å². The van der Waals surface area contributed by atoms with Gasteiger partial charge < -0.3 is 15.4 Å². The van der Waals surface area contributed by atoms with Crippen molar-refractivity contribution in [3.63, 3.8) is 0 Å². The SMILES string of the molecule is CC(C)(C)N1CC(N)C(O)C(n2c3ccccc3c3ccccc32)C1. The normalized spacial score (nSPS) is 25.7. The largest absolute Gasteiger partial charge is 0.389 e. The minimum atomic E-state index is -0.558. The quantitative estimate of drug-likeness (QED) is 0.717. The minimum Gasteiger partial charge on any atom is -0.389 e. The highest BCUT2D eigenvalue weighted by Crippen LogP contribution is 2.36. The maximum Gasteiger partial charge on any atom is 0.0923 e. The second-order valence-corrected chi connectivity index (χ2v) is 8.20. The monoisotopic (exact) mass is 337 g/mol. The van der Waals surface area contributed by atoms with Crippen LogP contribution in [0, 0.1) is 0 Å². The van der Waals surface area contributed by atoms with Crippen LogP contribution in [0.4, 0.5) is 0 Å². The van der Waals surface area contributed by atoms with Crippen LogP contribution in [0.5, 0.6) is 0 Å². The van der Waals surface area contributed by atoms with Crippen molar-refractivity contribution in [2.45, 2.75) is 44.5 Å². The maximum absolute atomic E-state index is 10.9. The van der Waals surface area contributed by atoms with E-state index in [2.05, 4.69) is 78.8 Å². The second-order valence-electron chi connectivity index (χ2n) is 8.20. The van der Waals surface area contributed by atoms with Gasteiger partial charge >= 0.3 is 0 Å². The highest BCUT2D eigenvalue weighted by Gasteiger charge is 2.39. The van der Waals surface area contributed by atoms with Gasteiger partial charge in [-0.1, -0.05) is 36.4 Å². The summed E-state index contributed by atoms with van der Waals surface area (Å²) in [6.07, 6.45) is -0.558. The summed E-state index contributed by atoms with van der Waals surface area (Å²) in [6, 6.07) is 16.6. The van der Waals surface area contributed by atoms with Crippen LogP contribution in [-0.2, 0) is 0 Å². The number of likely N-dealkylation sites (tertiary alicyclic amines) is 1. The van der Waals surface area contributed by atoms with Gasteiger partial charge in [-0.05, 0) is 32.9 Å². The molecule has 3 unspecified atom stereocenters. The van der Waals surface area contributed by atoms with Crippen molar-refractivity contribution in [1.29, 1.82) is 0 Å². The Kier molecular flexibility index (Phi) is 3.87. The smallest absolute Gasteiger partial charge is 0.0923 e. The molecular weight excluding hydrogens is 310 g/mol. The Balaban J connectivity index is 1.92. The molecule has 2 heterocycles. The molecule has 1 fully saturated rings. The summed E-state index contributed by atoms with van der Waals surface area (Å²) in [5.41, 5.74) is 8.69. The number of aliphatic hydroxyl groups is 1. The van der Waals surface area contributed by atoms with Gasteiger partial charge in [0.25, 0.3) is 0 Å². The Hall–Kier alpha value is -1.88. The zero-order chi connectivity index (χ0) is 17.8. The average molecular weight is 337 g/mol. The van der Waals surface area contributed by atoms with Crippen molar-refractivity contribution in [1.82, 2.24) is 9.47 Å². The Bertz CT molecular complexity index is 855. The van der Waals surface area contributed by atoms with Gasteiger partial charge in [0.05, 0.1) is 12.1 Å². The molecule has 4 rings (SSSR count). The molecule has 3 aromatic rings. The molecule has 2 aromatic carbocycles. The molecule has 0 amide bonds. The average Bonchev–Trinajstić information content (AvgIpc) is 2.91. The molecule has 4 heteroatoms. The van der Waals surface area contributed by atoms with Crippen molar-refractivity contribution >= 4 is 21.8 Å².